The highest BCUT2D eigenvalue weighted by atomic mass is 16.1. The van der Waals surface area contributed by atoms with Crippen molar-refractivity contribution in [2.75, 3.05) is 5.32 Å². The SMILES string of the molecule is Cc1ccc(-c2nnc(Nc3c(C)n(C)n(-c4ccccc4)c3=O)c3ccccc23)cc1. The van der Waals surface area contributed by atoms with E-state index in [1.54, 1.807) is 4.68 Å². The number of aromatic nitrogens is 4. The molecule has 3 aromatic carbocycles. The smallest absolute Gasteiger partial charge is 0.295 e. The van der Waals surface area contributed by atoms with Gasteiger partial charge in [-0.1, -0.05) is 72.3 Å². The van der Waals surface area contributed by atoms with Crippen LogP contribution in [-0.2, 0) is 7.05 Å². The zero-order chi connectivity index (χ0) is 22.2. The quantitative estimate of drug-likeness (QED) is 0.436. The van der Waals surface area contributed by atoms with Gasteiger partial charge in [0.05, 0.1) is 11.4 Å². The van der Waals surface area contributed by atoms with E-state index in [0.717, 1.165) is 33.4 Å². The molecule has 0 amide bonds. The molecule has 6 heteroatoms. The van der Waals surface area contributed by atoms with E-state index < -0.39 is 0 Å². The predicted octanol–water partition coefficient (Wildman–Crippen LogP) is 5.15. The van der Waals surface area contributed by atoms with Crippen molar-refractivity contribution in [1.82, 2.24) is 19.6 Å². The van der Waals surface area contributed by atoms with Gasteiger partial charge in [0.2, 0.25) is 0 Å². The van der Waals surface area contributed by atoms with E-state index in [2.05, 4.69) is 46.7 Å². The molecule has 0 aliphatic rings. The molecule has 0 saturated carbocycles. The Morgan fingerprint density at radius 3 is 2.16 bits per heavy atom. The fraction of sp³-hybridized carbons (Fsp3) is 0.115. The van der Waals surface area contributed by atoms with Crippen molar-refractivity contribution in [3.8, 4) is 16.9 Å². The van der Waals surface area contributed by atoms with Crippen molar-refractivity contribution in [2.24, 2.45) is 7.05 Å². The summed E-state index contributed by atoms with van der Waals surface area (Å²) in [5.74, 6) is 0.558. The van der Waals surface area contributed by atoms with Crippen molar-refractivity contribution in [3.63, 3.8) is 0 Å². The fourth-order valence-corrected chi connectivity index (χ4v) is 3.95. The summed E-state index contributed by atoms with van der Waals surface area (Å²) in [7, 11) is 1.87. The number of benzene rings is 3. The highest BCUT2D eigenvalue weighted by Crippen LogP contribution is 2.31. The minimum absolute atomic E-state index is 0.135. The van der Waals surface area contributed by atoms with E-state index in [1.165, 1.54) is 5.56 Å². The van der Waals surface area contributed by atoms with Crippen LogP contribution >= 0.6 is 0 Å². The van der Waals surface area contributed by atoms with Gasteiger partial charge in [-0.05, 0) is 26.0 Å². The number of anilines is 2. The maximum absolute atomic E-state index is 13.3. The number of para-hydroxylation sites is 1. The van der Waals surface area contributed by atoms with E-state index in [9.17, 15) is 4.79 Å². The first-order valence-electron chi connectivity index (χ1n) is 10.5. The zero-order valence-electron chi connectivity index (χ0n) is 18.2. The van der Waals surface area contributed by atoms with Gasteiger partial charge >= 0.3 is 0 Å². The van der Waals surface area contributed by atoms with Gasteiger partial charge in [0.25, 0.3) is 5.56 Å². The maximum atomic E-state index is 13.3. The number of rotatable bonds is 4. The summed E-state index contributed by atoms with van der Waals surface area (Å²) in [5.41, 5.74) is 4.99. The first kappa shape index (κ1) is 19.8. The number of hydrogen-bond acceptors (Lipinski definition) is 4. The van der Waals surface area contributed by atoms with Crippen LogP contribution in [0.2, 0.25) is 0 Å². The van der Waals surface area contributed by atoms with Crippen LogP contribution in [-0.4, -0.2) is 19.6 Å². The van der Waals surface area contributed by atoms with Gasteiger partial charge in [0.15, 0.2) is 5.82 Å². The van der Waals surface area contributed by atoms with Crippen molar-refractivity contribution in [2.45, 2.75) is 13.8 Å². The number of nitrogens with one attached hydrogen (secondary N) is 1. The standard InChI is InChI=1S/C26H23N5O/c1-17-13-15-19(16-14-17)24-21-11-7-8-12-22(21)25(29-28-24)27-23-18(2)30(3)31(26(23)32)20-9-5-4-6-10-20/h4-16H,1-3H3,(H,27,29). The van der Waals surface area contributed by atoms with E-state index in [1.807, 2.05) is 73.3 Å². The molecule has 0 fully saturated rings. The van der Waals surface area contributed by atoms with Gasteiger partial charge in [0, 0.05) is 23.4 Å². The van der Waals surface area contributed by atoms with Crippen molar-refractivity contribution < 1.29 is 0 Å². The number of hydrogen-bond donors (Lipinski definition) is 1. The van der Waals surface area contributed by atoms with Crippen LogP contribution in [0, 0.1) is 13.8 Å². The molecule has 5 rings (SSSR count). The Bertz CT molecular complexity index is 1480. The third-order valence-corrected chi connectivity index (χ3v) is 5.81. The highest BCUT2D eigenvalue weighted by Gasteiger charge is 2.18. The summed E-state index contributed by atoms with van der Waals surface area (Å²) < 4.78 is 3.49. The van der Waals surface area contributed by atoms with E-state index in [-0.39, 0.29) is 5.56 Å². The van der Waals surface area contributed by atoms with E-state index in [4.69, 9.17) is 0 Å². The molecule has 2 heterocycles. The summed E-state index contributed by atoms with van der Waals surface area (Å²) in [6.07, 6.45) is 0. The molecule has 32 heavy (non-hydrogen) atoms. The molecule has 0 aliphatic heterocycles. The second-order valence-corrected chi connectivity index (χ2v) is 7.87. The van der Waals surface area contributed by atoms with E-state index in [0.29, 0.717) is 11.5 Å². The maximum Gasteiger partial charge on any atom is 0.295 e. The van der Waals surface area contributed by atoms with Crippen LogP contribution < -0.4 is 10.9 Å². The zero-order valence-corrected chi connectivity index (χ0v) is 18.2. The molecule has 0 saturated heterocycles. The molecular formula is C26H23N5O. The third-order valence-electron chi connectivity index (χ3n) is 5.81. The van der Waals surface area contributed by atoms with Gasteiger partial charge in [0.1, 0.15) is 11.4 Å². The molecule has 0 spiro atoms. The number of aryl methyl sites for hydroxylation is 1. The highest BCUT2D eigenvalue weighted by molar-refractivity contribution is 6.00. The minimum atomic E-state index is -0.135. The molecule has 0 unspecified atom stereocenters. The van der Waals surface area contributed by atoms with Crippen molar-refractivity contribution in [1.29, 1.82) is 0 Å². The second kappa shape index (κ2) is 7.81. The van der Waals surface area contributed by atoms with Crippen LogP contribution in [0.15, 0.2) is 83.7 Å². The fourth-order valence-electron chi connectivity index (χ4n) is 3.95. The Kier molecular flexibility index (Phi) is 4.82. The van der Waals surface area contributed by atoms with Crippen LogP contribution in [0.4, 0.5) is 11.5 Å². The van der Waals surface area contributed by atoms with E-state index >= 15 is 0 Å². The monoisotopic (exact) mass is 421 g/mol. The Hall–Kier alpha value is -4.19. The first-order valence-corrected chi connectivity index (χ1v) is 10.5. The molecule has 0 aliphatic carbocycles. The lowest BCUT2D eigenvalue weighted by molar-refractivity contribution is 0.630. The summed E-state index contributed by atoms with van der Waals surface area (Å²) in [5, 5.41) is 14.2. The average Bonchev–Trinajstić information content (AvgIpc) is 3.03. The lowest BCUT2D eigenvalue weighted by Gasteiger charge is -2.11. The third kappa shape index (κ3) is 3.26. The van der Waals surface area contributed by atoms with Gasteiger partial charge in [-0.15, -0.1) is 10.2 Å². The van der Waals surface area contributed by atoms with Crippen LogP contribution in [0.1, 0.15) is 11.3 Å². The minimum Gasteiger partial charge on any atom is -0.332 e. The normalized spacial score (nSPS) is 11.1. The summed E-state index contributed by atoms with van der Waals surface area (Å²) in [6, 6.07) is 25.8. The van der Waals surface area contributed by atoms with Crippen LogP contribution in [0.25, 0.3) is 27.7 Å². The molecule has 0 radical (unpaired) electrons. The lowest BCUT2D eigenvalue weighted by Crippen LogP contribution is -2.20. The predicted molar refractivity (Wildman–Crippen MR) is 129 cm³/mol. The molecule has 2 aromatic heterocycles. The molecule has 158 valence electrons. The van der Waals surface area contributed by atoms with Gasteiger partial charge in [-0.25, -0.2) is 4.68 Å². The second-order valence-electron chi connectivity index (χ2n) is 7.87. The van der Waals surface area contributed by atoms with Gasteiger partial charge in [-0.3, -0.25) is 9.48 Å². The Morgan fingerprint density at radius 1 is 0.781 bits per heavy atom. The molecule has 0 atom stereocenters. The summed E-state index contributed by atoms with van der Waals surface area (Å²) in [6.45, 7) is 3.98. The van der Waals surface area contributed by atoms with Crippen LogP contribution in [0.5, 0.6) is 0 Å². The number of nitrogens with zero attached hydrogens (tertiary/aromatic N) is 4. The Morgan fingerprint density at radius 2 is 1.44 bits per heavy atom. The first-order chi connectivity index (χ1) is 15.5. The summed E-state index contributed by atoms with van der Waals surface area (Å²) in [4.78, 5) is 13.3. The lowest BCUT2D eigenvalue weighted by atomic mass is 10.0. The number of fused-ring (bicyclic) bond motifs is 1. The topological polar surface area (TPSA) is 64.7 Å². The Balaban J connectivity index is 1.63. The van der Waals surface area contributed by atoms with Gasteiger partial charge in [-0.2, -0.15) is 0 Å². The molecule has 1 N–H and O–H groups in total. The van der Waals surface area contributed by atoms with Crippen LogP contribution in [0.3, 0.4) is 0 Å². The molecule has 5 aromatic rings. The largest absolute Gasteiger partial charge is 0.332 e. The molecular weight excluding hydrogens is 398 g/mol. The molecule has 0 bridgehead atoms. The summed E-state index contributed by atoms with van der Waals surface area (Å²) >= 11 is 0. The molecule has 6 nitrogen and oxygen atoms in total. The average molecular weight is 422 g/mol. The van der Waals surface area contributed by atoms with Gasteiger partial charge < -0.3 is 5.32 Å². The Labute approximate surface area is 185 Å². The van der Waals surface area contributed by atoms with Crippen molar-refractivity contribution in [3.05, 3.63) is 100 Å². The van der Waals surface area contributed by atoms with Crippen molar-refractivity contribution >= 4 is 22.3 Å².